The number of rotatable bonds is 6. The number of carbonyl (C=O) groups excluding carboxylic acids is 2. The molecule has 0 saturated heterocycles. The van der Waals surface area contributed by atoms with E-state index in [1.165, 1.54) is 12.0 Å². The molecule has 24 heavy (non-hydrogen) atoms. The number of nitrogens with one attached hydrogen (secondary N) is 1. The second kappa shape index (κ2) is 8.57. The molecule has 0 aliphatic carbocycles. The van der Waals surface area contributed by atoms with Crippen LogP contribution in [0.4, 0.5) is 10.5 Å². The lowest BCUT2D eigenvalue weighted by molar-refractivity contribution is 0.0602. The third-order valence-corrected chi connectivity index (χ3v) is 3.36. The fraction of sp³-hybridized carbons (Fsp3) is 0.222. The molecule has 0 fully saturated rings. The van der Waals surface area contributed by atoms with Gasteiger partial charge in [0.25, 0.3) is 0 Å². The Hall–Kier alpha value is -3.02. The number of benzene rings is 2. The zero-order chi connectivity index (χ0) is 17.4. The van der Waals surface area contributed by atoms with Gasteiger partial charge in [-0.1, -0.05) is 30.3 Å². The van der Waals surface area contributed by atoms with Gasteiger partial charge in [-0.3, -0.25) is 0 Å². The van der Waals surface area contributed by atoms with E-state index in [0.717, 1.165) is 5.75 Å². The first kappa shape index (κ1) is 17.3. The van der Waals surface area contributed by atoms with Crippen LogP contribution < -0.4 is 10.1 Å². The van der Waals surface area contributed by atoms with Crippen molar-refractivity contribution in [2.75, 3.05) is 32.6 Å². The second-order valence-corrected chi connectivity index (χ2v) is 5.05. The van der Waals surface area contributed by atoms with Crippen molar-refractivity contribution < 1.29 is 19.1 Å². The van der Waals surface area contributed by atoms with Crippen LogP contribution in [-0.2, 0) is 4.74 Å². The van der Waals surface area contributed by atoms with E-state index in [-0.39, 0.29) is 6.03 Å². The third-order valence-electron chi connectivity index (χ3n) is 3.36. The molecule has 2 aromatic carbocycles. The molecule has 6 nitrogen and oxygen atoms in total. The minimum atomic E-state index is -0.499. The van der Waals surface area contributed by atoms with Gasteiger partial charge in [-0.15, -0.1) is 0 Å². The van der Waals surface area contributed by atoms with E-state index in [0.29, 0.717) is 24.4 Å². The Morgan fingerprint density at radius 2 is 1.71 bits per heavy atom. The number of esters is 1. The summed E-state index contributed by atoms with van der Waals surface area (Å²) in [5.41, 5.74) is 0.715. The molecular formula is C18H20N2O4. The van der Waals surface area contributed by atoms with Crippen LogP contribution in [0.15, 0.2) is 54.6 Å². The SMILES string of the molecule is COC(=O)c1ccccc1NC(=O)N(C)CCOc1ccccc1. The van der Waals surface area contributed by atoms with Gasteiger partial charge in [0.15, 0.2) is 0 Å². The van der Waals surface area contributed by atoms with E-state index in [1.807, 2.05) is 30.3 Å². The standard InChI is InChI=1S/C18H20N2O4/c1-20(12-13-24-14-8-4-3-5-9-14)18(22)19-16-11-7-6-10-15(16)17(21)23-2/h3-11H,12-13H2,1-2H3,(H,19,22). The van der Waals surface area contributed by atoms with Crippen LogP contribution >= 0.6 is 0 Å². The highest BCUT2D eigenvalue weighted by atomic mass is 16.5. The molecule has 0 heterocycles. The summed E-state index contributed by atoms with van der Waals surface area (Å²) >= 11 is 0. The van der Waals surface area contributed by atoms with E-state index in [1.54, 1.807) is 31.3 Å². The van der Waals surface area contributed by atoms with E-state index < -0.39 is 5.97 Å². The molecular weight excluding hydrogens is 308 g/mol. The number of anilines is 1. The maximum absolute atomic E-state index is 12.2. The van der Waals surface area contributed by atoms with E-state index >= 15 is 0 Å². The molecule has 2 rings (SSSR count). The first-order valence-electron chi connectivity index (χ1n) is 7.49. The normalized spacial score (nSPS) is 9.92. The van der Waals surface area contributed by atoms with Crippen molar-refractivity contribution in [2.45, 2.75) is 0 Å². The van der Waals surface area contributed by atoms with E-state index in [9.17, 15) is 9.59 Å². The Morgan fingerprint density at radius 3 is 2.42 bits per heavy atom. The monoisotopic (exact) mass is 328 g/mol. The van der Waals surface area contributed by atoms with Crippen LogP contribution in [0.5, 0.6) is 5.75 Å². The average molecular weight is 328 g/mol. The Kier molecular flexibility index (Phi) is 6.19. The molecule has 0 unspecified atom stereocenters. The number of likely N-dealkylation sites (N-methyl/N-ethyl adjacent to an activating group) is 1. The van der Waals surface area contributed by atoms with Gasteiger partial charge in [-0.05, 0) is 24.3 Å². The average Bonchev–Trinajstić information content (AvgIpc) is 2.62. The highest BCUT2D eigenvalue weighted by Crippen LogP contribution is 2.16. The summed E-state index contributed by atoms with van der Waals surface area (Å²) in [6.45, 7) is 0.772. The molecule has 0 aliphatic heterocycles. The van der Waals surface area contributed by atoms with Crippen molar-refractivity contribution in [3.8, 4) is 5.75 Å². The highest BCUT2D eigenvalue weighted by Gasteiger charge is 2.15. The lowest BCUT2D eigenvalue weighted by Gasteiger charge is -2.19. The van der Waals surface area contributed by atoms with Gasteiger partial charge in [-0.2, -0.15) is 0 Å². The smallest absolute Gasteiger partial charge is 0.339 e. The van der Waals surface area contributed by atoms with Gasteiger partial charge in [0, 0.05) is 7.05 Å². The molecule has 0 atom stereocenters. The molecule has 1 N–H and O–H groups in total. The molecule has 2 amide bonds. The Morgan fingerprint density at radius 1 is 1.04 bits per heavy atom. The molecule has 0 saturated carbocycles. The molecule has 0 aromatic heterocycles. The molecule has 0 aliphatic rings. The van der Waals surface area contributed by atoms with Crippen molar-refractivity contribution >= 4 is 17.7 Å². The molecule has 126 valence electrons. The summed E-state index contributed by atoms with van der Waals surface area (Å²) in [5, 5.41) is 2.70. The van der Waals surface area contributed by atoms with Crippen molar-refractivity contribution in [1.82, 2.24) is 4.90 Å². The van der Waals surface area contributed by atoms with Gasteiger partial charge in [0.1, 0.15) is 12.4 Å². The lowest BCUT2D eigenvalue weighted by Crippen LogP contribution is -2.34. The van der Waals surface area contributed by atoms with Gasteiger partial charge < -0.3 is 19.7 Å². The maximum atomic E-state index is 12.2. The number of carbonyl (C=O) groups is 2. The lowest BCUT2D eigenvalue weighted by atomic mass is 10.2. The summed E-state index contributed by atoms with van der Waals surface area (Å²) in [4.78, 5) is 25.4. The van der Waals surface area contributed by atoms with E-state index in [2.05, 4.69) is 5.32 Å². The van der Waals surface area contributed by atoms with Gasteiger partial charge in [-0.25, -0.2) is 9.59 Å². The van der Waals surface area contributed by atoms with Crippen molar-refractivity contribution in [2.24, 2.45) is 0 Å². The van der Waals surface area contributed by atoms with Gasteiger partial charge in [0.2, 0.25) is 0 Å². The number of methoxy groups -OCH3 is 1. The fourth-order valence-electron chi connectivity index (χ4n) is 2.01. The number of hydrogen-bond acceptors (Lipinski definition) is 4. The number of para-hydroxylation sites is 2. The van der Waals surface area contributed by atoms with E-state index in [4.69, 9.17) is 9.47 Å². The predicted molar refractivity (Wildman–Crippen MR) is 91.4 cm³/mol. The van der Waals surface area contributed by atoms with Crippen molar-refractivity contribution in [3.63, 3.8) is 0 Å². The summed E-state index contributed by atoms with van der Waals surface area (Å²) in [6, 6.07) is 15.7. The largest absolute Gasteiger partial charge is 0.492 e. The topological polar surface area (TPSA) is 67.9 Å². The van der Waals surface area contributed by atoms with Crippen LogP contribution in [0.1, 0.15) is 10.4 Å². The highest BCUT2D eigenvalue weighted by molar-refractivity contribution is 6.00. The quantitative estimate of drug-likeness (QED) is 0.828. The number of urea groups is 1. The molecule has 6 heteroatoms. The first-order chi connectivity index (χ1) is 11.6. The van der Waals surface area contributed by atoms with Crippen LogP contribution in [0.2, 0.25) is 0 Å². The fourth-order valence-corrected chi connectivity index (χ4v) is 2.01. The number of hydrogen-bond donors (Lipinski definition) is 1. The first-order valence-corrected chi connectivity index (χ1v) is 7.49. The molecule has 2 aromatic rings. The summed E-state index contributed by atoms with van der Waals surface area (Å²) in [6.07, 6.45) is 0. The van der Waals surface area contributed by atoms with Crippen LogP contribution in [0.3, 0.4) is 0 Å². The maximum Gasteiger partial charge on any atom is 0.339 e. The molecule has 0 bridgehead atoms. The summed E-state index contributed by atoms with van der Waals surface area (Å²) < 4.78 is 10.3. The minimum Gasteiger partial charge on any atom is -0.492 e. The number of nitrogens with zero attached hydrogens (tertiary/aromatic N) is 1. The third kappa shape index (κ3) is 4.74. The predicted octanol–water partition coefficient (Wildman–Crippen LogP) is 3.02. The number of amides is 2. The zero-order valence-corrected chi connectivity index (χ0v) is 13.7. The van der Waals surface area contributed by atoms with Crippen LogP contribution in [-0.4, -0.2) is 44.2 Å². The second-order valence-electron chi connectivity index (χ2n) is 5.05. The Balaban J connectivity index is 1.89. The zero-order valence-electron chi connectivity index (χ0n) is 13.7. The van der Waals surface area contributed by atoms with Crippen molar-refractivity contribution in [3.05, 3.63) is 60.2 Å². The van der Waals surface area contributed by atoms with Gasteiger partial charge in [0.05, 0.1) is 24.9 Å². The minimum absolute atomic E-state index is 0.308. The Bertz CT molecular complexity index is 688. The molecule has 0 radical (unpaired) electrons. The van der Waals surface area contributed by atoms with Crippen LogP contribution in [0, 0.1) is 0 Å². The Labute approximate surface area is 141 Å². The van der Waals surface area contributed by atoms with Gasteiger partial charge >= 0.3 is 12.0 Å². The van der Waals surface area contributed by atoms with Crippen LogP contribution in [0.25, 0.3) is 0 Å². The van der Waals surface area contributed by atoms with Crippen molar-refractivity contribution in [1.29, 1.82) is 0 Å². The molecule has 0 spiro atoms. The number of ether oxygens (including phenoxy) is 2. The summed E-state index contributed by atoms with van der Waals surface area (Å²) in [7, 11) is 2.96. The summed E-state index contributed by atoms with van der Waals surface area (Å²) in [5.74, 6) is 0.253.